The molecular weight excluding hydrogens is 606 g/mol. The van der Waals surface area contributed by atoms with Gasteiger partial charge >= 0.3 is 5.97 Å². The van der Waals surface area contributed by atoms with Gasteiger partial charge in [0.1, 0.15) is 34.3 Å². The summed E-state index contributed by atoms with van der Waals surface area (Å²) < 4.78 is 18.6. The van der Waals surface area contributed by atoms with Crippen LogP contribution in [0.25, 0.3) is 0 Å². The fourth-order valence-electron chi connectivity index (χ4n) is 6.76. The Bertz CT molecular complexity index is 1470. The first-order valence-electron chi connectivity index (χ1n) is 17.8. The average Bonchev–Trinajstić information content (AvgIpc) is 3.03. The first-order valence-corrected chi connectivity index (χ1v) is 18.2. The van der Waals surface area contributed by atoms with Crippen molar-refractivity contribution in [2.75, 3.05) is 0 Å². The molecule has 0 bridgehead atoms. The summed E-state index contributed by atoms with van der Waals surface area (Å²) in [5.41, 5.74) is 4.11. The fraction of sp³-hybridized carbons (Fsp3) is 0.561. The van der Waals surface area contributed by atoms with Gasteiger partial charge in [0.05, 0.1) is 6.20 Å². The van der Waals surface area contributed by atoms with Crippen molar-refractivity contribution >= 4 is 17.6 Å². The lowest BCUT2D eigenvalue weighted by Gasteiger charge is -2.38. The van der Waals surface area contributed by atoms with Crippen molar-refractivity contribution < 1.29 is 19.0 Å². The SMILES string of the molecule is Cc1c(C)c2c(c(C)c1OC(=O)c1ccc(Oc3ccc(Cl)cc3)cn1)CC[C@@](C)(CCC[C@H](C)CCC[C@H](C)CCCC(C)C)O2. The molecule has 256 valence electrons. The van der Waals surface area contributed by atoms with Crippen molar-refractivity contribution in [2.24, 2.45) is 17.8 Å². The van der Waals surface area contributed by atoms with Crippen LogP contribution in [-0.2, 0) is 6.42 Å². The number of benzene rings is 2. The highest BCUT2D eigenvalue weighted by molar-refractivity contribution is 6.30. The molecule has 0 saturated heterocycles. The maximum absolute atomic E-state index is 13.2. The third-order valence-electron chi connectivity index (χ3n) is 10.0. The number of fused-ring (bicyclic) bond motifs is 1. The summed E-state index contributed by atoms with van der Waals surface area (Å²) in [4.78, 5) is 17.5. The first-order chi connectivity index (χ1) is 22.3. The third kappa shape index (κ3) is 10.5. The van der Waals surface area contributed by atoms with E-state index in [1.165, 1.54) is 57.6 Å². The summed E-state index contributed by atoms with van der Waals surface area (Å²) in [5, 5.41) is 0.635. The van der Waals surface area contributed by atoms with E-state index in [0.29, 0.717) is 22.3 Å². The van der Waals surface area contributed by atoms with Gasteiger partial charge in [0, 0.05) is 10.6 Å². The highest BCUT2D eigenvalue weighted by Gasteiger charge is 2.35. The number of rotatable bonds is 16. The Morgan fingerprint density at radius 2 is 1.47 bits per heavy atom. The van der Waals surface area contributed by atoms with Gasteiger partial charge in [0.2, 0.25) is 0 Å². The molecule has 0 spiro atoms. The normalized spacial score (nSPS) is 17.1. The molecule has 2 heterocycles. The number of pyridine rings is 1. The second kappa shape index (κ2) is 16.9. The smallest absolute Gasteiger partial charge is 0.362 e. The molecule has 0 radical (unpaired) electrons. The Labute approximate surface area is 288 Å². The molecule has 1 aliphatic heterocycles. The fourth-order valence-corrected chi connectivity index (χ4v) is 6.88. The van der Waals surface area contributed by atoms with E-state index in [4.69, 9.17) is 25.8 Å². The van der Waals surface area contributed by atoms with Crippen LogP contribution < -0.4 is 14.2 Å². The summed E-state index contributed by atoms with van der Waals surface area (Å²) in [6, 6.07) is 10.4. The lowest BCUT2D eigenvalue weighted by atomic mass is 9.83. The van der Waals surface area contributed by atoms with Crippen molar-refractivity contribution in [2.45, 2.75) is 132 Å². The topological polar surface area (TPSA) is 57.7 Å². The van der Waals surface area contributed by atoms with Gasteiger partial charge in [-0.15, -0.1) is 0 Å². The van der Waals surface area contributed by atoms with Crippen LogP contribution in [0.4, 0.5) is 0 Å². The Balaban J connectivity index is 1.29. The molecule has 2 aromatic carbocycles. The Hall–Kier alpha value is -3.05. The lowest BCUT2D eigenvalue weighted by Crippen LogP contribution is -2.37. The molecule has 5 nitrogen and oxygen atoms in total. The zero-order valence-electron chi connectivity index (χ0n) is 30.0. The summed E-state index contributed by atoms with van der Waals surface area (Å²) in [6.07, 6.45) is 15.0. The number of carbonyl (C=O) groups is 1. The Morgan fingerprint density at radius 3 is 2.09 bits per heavy atom. The van der Waals surface area contributed by atoms with E-state index in [1.54, 1.807) is 36.4 Å². The lowest BCUT2D eigenvalue weighted by molar-refractivity contribution is 0.0508. The molecule has 3 aromatic rings. The molecule has 0 unspecified atom stereocenters. The van der Waals surface area contributed by atoms with Gasteiger partial charge in [-0.1, -0.05) is 84.2 Å². The molecule has 3 atom stereocenters. The monoisotopic (exact) mass is 661 g/mol. The molecule has 4 rings (SSSR count). The molecule has 1 aromatic heterocycles. The van der Waals surface area contributed by atoms with Crippen molar-refractivity contribution in [3.05, 3.63) is 75.6 Å². The summed E-state index contributed by atoms with van der Waals surface area (Å²) in [6.45, 7) is 17.9. The second-order valence-electron chi connectivity index (χ2n) is 14.7. The second-order valence-corrected chi connectivity index (χ2v) is 15.2. The van der Waals surface area contributed by atoms with Crippen LogP contribution >= 0.6 is 11.6 Å². The zero-order valence-corrected chi connectivity index (χ0v) is 30.8. The van der Waals surface area contributed by atoms with Crippen LogP contribution in [0.15, 0.2) is 42.6 Å². The predicted molar refractivity (Wildman–Crippen MR) is 193 cm³/mol. The molecule has 0 amide bonds. The predicted octanol–water partition coefficient (Wildman–Crippen LogP) is 12.2. The molecule has 0 saturated carbocycles. The molecule has 0 N–H and O–H groups in total. The van der Waals surface area contributed by atoms with Crippen molar-refractivity contribution in [3.8, 4) is 23.0 Å². The van der Waals surface area contributed by atoms with Crippen LogP contribution in [0.3, 0.4) is 0 Å². The highest BCUT2D eigenvalue weighted by Crippen LogP contribution is 2.45. The van der Waals surface area contributed by atoms with Gasteiger partial charge in [0.15, 0.2) is 0 Å². The molecule has 0 aliphatic carbocycles. The van der Waals surface area contributed by atoms with E-state index in [0.717, 1.165) is 65.0 Å². The number of ether oxygens (including phenoxy) is 3. The molecular formula is C41H56ClNO4. The first kappa shape index (κ1) is 36.8. The quantitative estimate of drug-likeness (QED) is 0.113. The average molecular weight is 662 g/mol. The van der Waals surface area contributed by atoms with Crippen LogP contribution in [-0.4, -0.2) is 16.6 Å². The number of halogens is 1. The van der Waals surface area contributed by atoms with Gasteiger partial charge in [-0.25, -0.2) is 9.78 Å². The van der Waals surface area contributed by atoms with E-state index in [-0.39, 0.29) is 11.3 Å². The van der Waals surface area contributed by atoms with Crippen molar-refractivity contribution in [3.63, 3.8) is 0 Å². The standard InChI is InChI=1S/C41H56ClNO4/c1-27(2)12-9-13-28(3)14-10-15-29(4)16-11-24-41(8)25-23-36-32(7)38(30(5)31(6)39(36)47-41)46-40(44)37-22-21-35(26-43-37)45-34-19-17-33(42)18-20-34/h17-22,26-29H,9-16,23-25H2,1-8H3/t28-,29-,41-/m1/s1. The van der Waals surface area contributed by atoms with E-state index in [2.05, 4.69) is 46.5 Å². The minimum absolute atomic E-state index is 0.181. The van der Waals surface area contributed by atoms with Crippen LogP contribution in [0.5, 0.6) is 23.0 Å². The van der Waals surface area contributed by atoms with E-state index >= 15 is 0 Å². The number of aromatic nitrogens is 1. The van der Waals surface area contributed by atoms with E-state index < -0.39 is 5.97 Å². The van der Waals surface area contributed by atoms with Crippen LogP contribution in [0.1, 0.15) is 132 Å². The Morgan fingerprint density at radius 1 is 0.851 bits per heavy atom. The molecule has 47 heavy (non-hydrogen) atoms. The minimum Gasteiger partial charge on any atom is -0.487 e. The molecule has 6 heteroatoms. The van der Waals surface area contributed by atoms with Gasteiger partial charge in [-0.3, -0.25) is 0 Å². The summed E-state index contributed by atoms with van der Waals surface area (Å²) >= 11 is 5.96. The van der Waals surface area contributed by atoms with Crippen molar-refractivity contribution in [1.29, 1.82) is 0 Å². The van der Waals surface area contributed by atoms with Gasteiger partial charge < -0.3 is 14.2 Å². The van der Waals surface area contributed by atoms with Crippen LogP contribution in [0.2, 0.25) is 5.02 Å². The van der Waals surface area contributed by atoms with E-state index in [9.17, 15) is 4.79 Å². The maximum atomic E-state index is 13.2. The zero-order chi connectivity index (χ0) is 34.1. The number of nitrogens with zero attached hydrogens (tertiary/aromatic N) is 1. The number of carbonyl (C=O) groups excluding carboxylic acids is 1. The minimum atomic E-state index is -0.495. The van der Waals surface area contributed by atoms with Gasteiger partial charge in [0.25, 0.3) is 0 Å². The molecule has 0 fully saturated rings. The summed E-state index contributed by atoms with van der Waals surface area (Å²) in [5.74, 6) is 4.65. The molecule has 1 aliphatic rings. The van der Waals surface area contributed by atoms with Crippen LogP contribution in [0, 0.1) is 38.5 Å². The number of hydrogen-bond donors (Lipinski definition) is 0. The third-order valence-corrected chi connectivity index (χ3v) is 10.3. The Kier molecular flexibility index (Phi) is 13.2. The number of hydrogen-bond acceptors (Lipinski definition) is 5. The van der Waals surface area contributed by atoms with Crippen molar-refractivity contribution in [1.82, 2.24) is 4.98 Å². The highest BCUT2D eigenvalue weighted by atomic mass is 35.5. The maximum Gasteiger partial charge on any atom is 0.362 e. The van der Waals surface area contributed by atoms with Gasteiger partial charge in [-0.05, 0) is 124 Å². The summed E-state index contributed by atoms with van der Waals surface area (Å²) in [7, 11) is 0. The largest absolute Gasteiger partial charge is 0.487 e. The van der Waals surface area contributed by atoms with E-state index in [1.807, 2.05) is 13.8 Å². The number of esters is 1. The van der Waals surface area contributed by atoms with Gasteiger partial charge in [-0.2, -0.15) is 0 Å².